The van der Waals surface area contributed by atoms with Crippen LogP contribution in [-0.4, -0.2) is 44.3 Å². The SMILES string of the molecule is CN1CCCC1CNCc1cc(Br)c2c(c1)OCCCO2. The summed E-state index contributed by atoms with van der Waals surface area (Å²) in [5.41, 5.74) is 1.23. The van der Waals surface area contributed by atoms with Crippen molar-refractivity contribution >= 4 is 15.9 Å². The van der Waals surface area contributed by atoms with Crippen LogP contribution in [0.5, 0.6) is 11.5 Å². The fourth-order valence-electron chi connectivity index (χ4n) is 3.01. The third kappa shape index (κ3) is 3.71. The van der Waals surface area contributed by atoms with Crippen molar-refractivity contribution in [1.82, 2.24) is 10.2 Å². The van der Waals surface area contributed by atoms with Gasteiger partial charge in [0, 0.05) is 25.6 Å². The smallest absolute Gasteiger partial charge is 0.175 e. The lowest BCUT2D eigenvalue weighted by Gasteiger charge is -2.20. The maximum Gasteiger partial charge on any atom is 0.175 e. The Morgan fingerprint density at radius 1 is 1.29 bits per heavy atom. The van der Waals surface area contributed by atoms with E-state index in [4.69, 9.17) is 9.47 Å². The molecule has 1 N–H and O–H groups in total. The van der Waals surface area contributed by atoms with Crippen LogP contribution in [0.25, 0.3) is 0 Å². The minimum Gasteiger partial charge on any atom is -0.490 e. The van der Waals surface area contributed by atoms with Crippen molar-refractivity contribution in [2.24, 2.45) is 0 Å². The van der Waals surface area contributed by atoms with Crippen LogP contribution in [0.1, 0.15) is 24.8 Å². The molecule has 0 saturated carbocycles. The molecule has 0 amide bonds. The molecule has 2 aliphatic heterocycles. The summed E-state index contributed by atoms with van der Waals surface area (Å²) in [5, 5.41) is 3.56. The second kappa shape index (κ2) is 6.99. The van der Waals surface area contributed by atoms with Gasteiger partial charge < -0.3 is 19.7 Å². The maximum absolute atomic E-state index is 5.78. The summed E-state index contributed by atoms with van der Waals surface area (Å²) in [6.45, 7) is 4.57. The summed E-state index contributed by atoms with van der Waals surface area (Å²) in [7, 11) is 2.21. The Morgan fingerprint density at radius 3 is 2.95 bits per heavy atom. The zero-order chi connectivity index (χ0) is 14.7. The van der Waals surface area contributed by atoms with Gasteiger partial charge in [0.25, 0.3) is 0 Å². The molecule has 0 radical (unpaired) electrons. The van der Waals surface area contributed by atoms with Crippen LogP contribution in [-0.2, 0) is 6.54 Å². The minimum atomic E-state index is 0.675. The number of hydrogen-bond acceptors (Lipinski definition) is 4. The van der Waals surface area contributed by atoms with Gasteiger partial charge in [-0.3, -0.25) is 0 Å². The monoisotopic (exact) mass is 354 g/mol. The Balaban J connectivity index is 1.60. The fourth-order valence-corrected chi connectivity index (χ4v) is 3.61. The highest BCUT2D eigenvalue weighted by molar-refractivity contribution is 9.10. The predicted octanol–water partition coefficient (Wildman–Crippen LogP) is 2.79. The molecule has 0 aliphatic carbocycles. The lowest BCUT2D eigenvalue weighted by atomic mass is 10.2. The summed E-state index contributed by atoms with van der Waals surface area (Å²) < 4.78 is 12.5. The average Bonchev–Trinajstić information content (AvgIpc) is 2.73. The Bertz CT molecular complexity index is 495. The fraction of sp³-hybridized carbons (Fsp3) is 0.625. The molecule has 2 heterocycles. The number of likely N-dealkylation sites (N-methyl/N-ethyl adjacent to an activating group) is 1. The van der Waals surface area contributed by atoms with E-state index in [1.54, 1.807) is 0 Å². The highest BCUT2D eigenvalue weighted by Gasteiger charge is 2.20. The zero-order valence-electron chi connectivity index (χ0n) is 12.5. The van der Waals surface area contributed by atoms with Crippen molar-refractivity contribution in [3.8, 4) is 11.5 Å². The van der Waals surface area contributed by atoms with Gasteiger partial charge in [-0.1, -0.05) is 0 Å². The minimum absolute atomic E-state index is 0.675. The van der Waals surface area contributed by atoms with Crippen molar-refractivity contribution in [1.29, 1.82) is 0 Å². The van der Waals surface area contributed by atoms with E-state index in [1.165, 1.54) is 24.9 Å². The summed E-state index contributed by atoms with van der Waals surface area (Å²) in [6, 6.07) is 4.89. The van der Waals surface area contributed by atoms with E-state index in [2.05, 4.69) is 45.3 Å². The van der Waals surface area contributed by atoms with Crippen LogP contribution in [0, 0.1) is 0 Å². The van der Waals surface area contributed by atoms with Crippen LogP contribution in [0.15, 0.2) is 16.6 Å². The predicted molar refractivity (Wildman–Crippen MR) is 87.1 cm³/mol. The molecule has 116 valence electrons. The Morgan fingerprint density at radius 2 is 2.14 bits per heavy atom. The van der Waals surface area contributed by atoms with Gasteiger partial charge >= 0.3 is 0 Å². The number of rotatable bonds is 4. The molecule has 1 unspecified atom stereocenters. The maximum atomic E-state index is 5.78. The summed E-state index contributed by atoms with van der Waals surface area (Å²) in [4.78, 5) is 2.44. The summed E-state index contributed by atoms with van der Waals surface area (Å²) in [5.74, 6) is 1.70. The van der Waals surface area contributed by atoms with Gasteiger partial charge in [0.2, 0.25) is 0 Å². The third-order valence-corrected chi connectivity index (χ3v) is 4.83. The van der Waals surface area contributed by atoms with E-state index in [-0.39, 0.29) is 0 Å². The van der Waals surface area contributed by atoms with E-state index >= 15 is 0 Å². The largest absolute Gasteiger partial charge is 0.490 e. The number of ether oxygens (including phenoxy) is 2. The molecule has 0 spiro atoms. The lowest BCUT2D eigenvalue weighted by Crippen LogP contribution is -2.35. The Kier molecular flexibility index (Phi) is 5.03. The normalized spacial score (nSPS) is 22.3. The van der Waals surface area contributed by atoms with E-state index in [9.17, 15) is 0 Å². The number of hydrogen-bond donors (Lipinski definition) is 1. The highest BCUT2D eigenvalue weighted by atomic mass is 79.9. The first-order chi connectivity index (χ1) is 10.2. The molecular formula is C16H23BrN2O2. The van der Waals surface area contributed by atoms with Crippen molar-refractivity contribution in [3.63, 3.8) is 0 Å². The molecule has 21 heavy (non-hydrogen) atoms. The Hall–Kier alpha value is -0.780. The number of nitrogens with one attached hydrogen (secondary N) is 1. The molecule has 1 atom stereocenters. The second-order valence-electron chi connectivity index (χ2n) is 5.86. The second-order valence-corrected chi connectivity index (χ2v) is 6.72. The Labute approximate surface area is 134 Å². The van der Waals surface area contributed by atoms with Crippen molar-refractivity contribution < 1.29 is 9.47 Å². The summed E-state index contributed by atoms with van der Waals surface area (Å²) in [6.07, 6.45) is 3.55. The first kappa shape index (κ1) is 15.1. The standard InChI is InChI=1S/C16H23BrN2O2/c1-19-5-2-4-13(19)11-18-10-12-8-14(17)16-15(9-12)20-6-3-7-21-16/h8-9,13,18H,2-7,10-11H2,1H3. The topological polar surface area (TPSA) is 33.7 Å². The van der Waals surface area contributed by atoms with Gasteiger partial charge in [0.05, 0.1) is 17.7 Å². The first-order valence-corrected chi connectivity index (χ1v) is 8.52. The molecular weight excluding hydrogens is 332 g/mol. The van der Waals surface area contributed by atoms with Gasteiger partial charge in [0.1, 0.15) is 0 Å². The van der Waals surface area contributed by atoms with E-state index in [1.807, 2.05) is 0 Å². The highest BCUT2D eigenvalue weighted by Crippen LogP contribution is 2.38. The molecule has 4 nitrogen and oxygen atoms in total. The van der Waals surface area contributed by atoms with E-state index < -0.39 is 0 Å². The third-order valence-electron chi connectivity index (χ3n) is 4.24. The van der Waals surface area contributed by atoms with Gasteiger partial charge in [-0.25, -0.2) is 0 Å². The van der Waals surface area contributed by atoms with Crippen molar-refractivity contribution in [3.05, 3.63) is 22.2 Å². The molecule has 0 aromatic heterocycles. The van der Waals surface area contributed by atoms with Crippen LogP contribution in [0.2, 0.25) is 0 Å². The van der Waals surface area contributed by atoms with Gasteiger partial charge in [0.15, 0.2) is 11.5 Å². The van der Waals surface area contributed by atoms with Crippen LogP contribution >= 0.6 is 15.9 Å². The summed E-state index contributed by atoms with van der Waals surface area (Å²) >= 11 is 3.59. The van der Waals surface area contributed by atoms with E-state index in [0.29, 0.717) is 6.04 Å². The van der Waals surface area contributed by atoms with Gasteiger partial charge in [-0.05, 0) is 60.1 Å². The molecule has 1 aromatic carbocycles. The van der Waals surface area contributed by atoms with Crippen LogP contribution in [0.3, 0.4) is 0 Å². The first-order valence-electron chi connectivity index (χ1n) is 7.73. The van der Waals surface area contributed by atoms with Crippen LogP contribution in [0.4, 0.5) is 0 Å². The molecule has 3 rings (SSSR count). The van der Waals surface area contributed by atoms with Crippen LogP contribution < -0.4 is 14.8 Å². The molecule has 2 aliphatic rings. The number of nitrogens with zero attached hydrogens (tertiary/aromatic N) is 1. The van der Waals surface area contributed by atoms with Crippen molar-refractivity contribution in [2.45, 2.75) is 31.8 Å². The number of halogens is 1. The number of fused-ring (bicyclic) bond motifs is 1. The molecule has 5 heteroatoms. The lowest BCUT2D eigenvalue weighted by molar-refractivity contribution is 0.296. The molecule has 1 saturated heterocycles. The number of likely N-dealkylation sites (tertiary alicyclic amines) is 1. The van der Waals surface area contributed by atoms with Crippen molar-refractivity contribution in [2.75, 3.05) is 33.4 Å². The molecule has 1 aromatic rings. The van der Waals surface area contributed by atoms with Gasteiger partial charge in [-0.15, -0.1) is 0 Å². The number of benzene rings is 1. The molecule has 0 bridgehead atoms. The van der Waals surface area contributed by atoms with Gasteiger partial charge in [-0.2, -0.15) is 0 Å². The quantitative estimate of drug-likeness (QED) is 0.901. The zero-order valence-corrected chi connectivity index (χ0v) is 14.1. The van der Waals surface area contributed by atoms with E-state index in [0.717, 1.165) is 48.7 Å². The molecule has 1 fully saturated rings. The average molecular weight is 355 g/mol.